The average Bonchev–Trinajstić information content (AvgIpc) is 2.39. The molecule has 1 aromatic carbocycles. The Morgan fingerprint density at radius 1 is 1.21 bits per heavy atom. The van der Waals surface area contributed by atoms with Crippen molar-refractivity contribution in [1.29, 1.82) is 0 Å². The lowest BCUT2D eigenvalue weighted by Crippen LogP contribution is -2.19. The monoisotopic (exact) mass is 257 g/mol. The zero-order chi connectivity index (χ0) is 13.7. The Hall–Kier alpha value is -1.61. The summed E-state index contributed by atoms with van der Waals surface area (Å²) in [6, 6.07) is 10.0. The molecule has 0 saturated heterocycles. The molecule has 0 aliphatic carbocycles. The second-order valence-electron chi connectivity index (χ2n) is 5.16. The third-order valence-electron chi connectivity index (χ3n) is 3.38. The maximum absolute atomic E-state index is 6.10. The number of fused-ring (bicyclic) bond motifs is 1. The minimum Gasteiger partial charge on any atom is -0.398 e. The highest BCUT2D eigenvalue weighted by molar-refractivity contribution is 5.90. The van der Waals surface area contributed by atoms with Gasteiger partial charge in [0.15, 0.2) is 0 Å². The number of unbranched alkanes of at least 4 members (excludes halogenated alkanes) is 2. The van der Waals surface area contributed by atoms with Gasteiger partial charge in [-0.3, -0.25) is 4.98 Å². The Morgan fingerprint density at radius 2 is 2.00 bits per heavy atom. The van der Waals surface area contributed by atoms with Crippen molar-refractivity contribution in [3.63, 3.8) is 0 Å². The van der Waals surface area contributed by atoms with Crippen molar-refractivity contribution in [3.8, 4) is 0 Å². The van der Waals surface area contributed by atoms with E-state index in [2.05, 4.69) is 23.9 Å². The number of hydrogen-bond donors (Lipinski definition) is 1. The molecule has 2 rings (SSSR count). The third kappa shape index (κ3) is 3.67. The van der Waals surface area contributed by atoms with Crippen molar-refractivity contribution in [1.82, 2.24) is 9.88 Å². The predicted molar refractivity (Wildman–Crippen MR) is 82.0 cm³/mol. The van der Waals surface area contributed by atoms with Gasteiger partial charge in [-0.15, -0.1) is 0 Å². The van der Waals surface area contributed by atoms with Gasteiger partial charge in [-0.05, 0) is 32.1 Å². The molecule has 0 unspecified atom stereocenters. The molecule has 0 fully saturated rings. The molecular weight excluding hydrogens is 234 g/mol. The van der Waals surface area contributed by atoms with Crippen LogP contribution in [0.4, 0.5) is 5.69 Å². The molecule has 3 heteroatoms. The first-order valence-electron chi connectivity index (χ1n) is 7.03. The zero-order valence-electron chi connectivity index (χ0n) is 11.9. The minimum absolute atomic E-state index is 0.822. The van der Waals surface area contributed by atoms with Crippen LogP contribution in [0.15, 0.2) is 30.3 Å². The largest absolute Gasteiger partial charge is 0.398 e. The Kier molecular flexibility index (Phi) is 4.74. The van der Waals surface area contributed by atoms with Crippen LogP contribution in [0.2, 0.25) is 0 Å². The van der Waals surface area contributed by atoms with Gasteiger partial charge in [0.25, 0.3) is 0 Å². The summed E-state index contributed by atoms with van der Waals surface area (Å²) in [5, 5.41) is 1.04. The standard InChI is InChI=1S/C16H23N3/c1-3-4-7-10-19(2)12-13-11-15(17)14-8-5-6-9-16(14)18-13/h5-6,8-9,11H,3-4,7,10,12H2,1-2H3,(H2,17,18). The van der Waals surface area contributed by atoms with Gasteiger partial charge < -0.3 is 10.6 Å². The van der Waals surface area contributed by atoms with E-state index in [9.17, 15) is 0 Å². The zero-order valence-corrected chi connectivity index (χ0v) is 11.9. The molecule has 0 atom stereocenters. The van der Waals surface area contributed by atoms with E-state index < -0.39 is 0 Å². The normalized spacial score (nSPS) is 11.3. The lowest BCUT2D eigenvalue weighted by atomic mass is 10.1. The van der Waals surface area contributed by atoms with E-state index in [1.165, 1.54) is 19.3 Å². The molecule has 0 spiro atoms. The van der Waals surface area contributed by atoms with Crippen LogP contribution in [0.3, 0.4) is 0 Å². The number of nitrogens with zero attached hydrogens (tertiary/aromatic N) is 2. The Balaban J connectivity index is 2.08. The number of pyridine rings is 1. The SMILES string of the molecule is CCCCCN(C)Cc1cc(N)c2ccccc2n1. The molecule has 1 heterocycles. The number of anilines is 1. The molecule has 3 nitrogen and oxygen atoms in total. The van der Waals surface area contributed by atoms with Gasteiger partial charge in [0.05, 0.1) is 11.2 Å². The van der Waals surface area contributed by atoms with Crippen LogP contribution in [0, 0.1) is 0 Å². The van der Waals surface area contributed by atoms with Gasteiger partial charge in [0.2, 0.25) is 0 Å². The smallest absolute Gasteiger partial charge is 0.0726 e. The Morgan fingerprint density at radius 3 is 2.79 bits per heavy atom. The van der Waals surface area contributed by atoms with Crippen LogP contribution in [-0.4, -0.2) is 23.5 Å². The van der Waals surface area contributed by atoms with Crippen molar-refractivity contribution in [2.24, 2.45) is 0 Å². The number of benzene rings is 1. The molecular formula is C16H23N3. The van der Waals surface area contributed by atoms with Crippen LogP contribution in [0.1, 0.15) is 31.9 Å². The Bertz CT molecular complexity index is 537. The number of para-hydroxylation sites is 1. The van der Waals surface area contributed by atoms with Crippen LogP contribution in [-0.2, 0) is 6.54 Å². The first-order valence-corrected chi connectivity index (χ1v) is 7.03. The van der Waals surface area contributed by atoms with Gasteiger partial charge in [0.1, 0.15) is 0 Å². The van der Waals surface area contributed by atoms with Gasteiger partial charge in [0, 0.05) is 17.6 Å². The number of nitrogen functional groups attached to an aromatic ring is 1. The number of hydrogen-bond acceptors (Lipinski definition) is 3. The summed E-state index contributed by atoms with van der Waals surface area (Å²) in [7, 11) is 2.14. The fourth-order valence-electron chi connectivity index (χ4n) is 2.33. The highest BCUT2D eigenvalue weighted by atomic mass is 15.1. The molecule has 0 amide bonds. The molecule has 2 N–H and O–H groups in total. The summed E-state index contributed by atoms with van der Waals surface area (Å²) in [5.74, 6) is 0. The second-order valence-corrected chi connectivity index (χ2v) is 5.16. The first kappa shape index (κ1) is 13.8. The van der Waals surface area contributed by atoms with Crippen LogP contribution >= 0.6 is 0 Å². The van der Waals surface area contributed by atoms with Crippen LogP contribution in [0.5, 0.6) is 0 Å². The molecule has 0 bridgehead atoms. The first-order chi connectivity index (χ1) is 9.20. The lowest BCUT2D eigenvalue weighted by Gasteiger charge is -2.16. The number of nitrogens with two attached hydrogens (primary N) is 1. The van der Waals surface area contributed by atoms with Gasteiger partial charge >= 0.3 is 0 Å². The fraction of sp³-hybridized carbons (Fsp3) is 0.438. The van der Waals surface area contributed by atoms with E-state index >= 15 is 0 Å². The van der Waals surface area contributed by atoms with E-state index in [4.69, 9.17) is 5.73 Å². The summed E-state index contributed by atoms with van der Waals surface area (Å²) >= 11 is 0. The second kappa shape index (κ2) is 6.53. The lowest BCUT2D eigenvalue weighted by molar-refractivity contribution is 0.315. The molecule has 19 heavy (non-hydrogen) atoms. The summed E-state index contributed by atoms with van der Waals surface area (Å²) in [4.78, 5) is 6.99. The summed E-state index contributed by atoms with van der Waals surface area (Å²) < 4.78 is 0. The van der Waals surface area contributed by atoms with E-state index in [1.54, 1.807) is 0 Å². The van der Waals surface area contributed by atoms with E-state index in [1.807, 2.05) is 30.3 Å². The molecule has 0 saturated carbocycles. The number of aromatic nitrogens is 1. The van der Waals surface area contributed by atoms with Gasteiger partial charge in [-0.25, -0.2) is 0 Å². The van der Waals surface area contributed by atoms with Gasteiger partial charge in [-0.1, -0.05) is 38.0 Å². The predicted octanol–water partition coefficient (Wildman–Crippen LogP) is 3.44. The van der Waals surface area contributed by atoms with E-state index in [0.717, 1.165) is 35.4 Å². The number of rotatable bonds is 6. The molecule has 0 radical (unpaired) electrons. The van der Waals surface area contributed by atoms with Crippen LogP contribution < -0.4 is 5.73 Å². The van der Waals surface area contributed by atoms with Crippen molar-refractivity contribution in [2.75, 3.05) is 19.3 Å². The molecule has 0 aliphatic heterocycles. The van der Waals surface area contributed by atoms with Crippen molar-refractivity contribution < 1.29 is 0 Å². The van der Waals surface area contributed by atoms with Crippen molar-refractivity contribution in [2.45, 2.75) is 32.7 Å². The summed E-state index contributed by atoms with van der Waals surface area (Å²) in [6.07, 6.45) is 3.79. The van der Waals surface area contributed by atoms with E-state index in [0.29, 0.717) is 0 Å². The van der Waals surface area contributed by atoms with Crippen molar-refractivity contribution in [3.05, 3.63) is 36.0 Å². The van der Waals surface area contributed by atoms with Gasteiger partial charge in [-0.2, -0.15) is 0 Å². The third-order valence-corrected chi connectivity index (χ3v) is 3.38. The highest BCUT2D eigenvalue weighted by Gasteiger charge is 2.05. The fourth-order valence-corrected chi connectivity index (χ4v) is 2.33. The molecule has 1 aromatic heterocycles. The topological polar surface area (TPSA) is 42.1 Å². The quantitative estimate of drug-likeness (QED) is 0.806. The van der Waals surface area contributed by atoms with Crippen molar-refractivity contribution >= 4 is 16.6 Å². The highest BCUT2D eigenvalue weighted by Crippen LogP contribution is 2.20. The molecule has 2 aromatic rings. The van der Waals surface area contributed by atoms with E-state index in [-0.39, 0.29) is 0 Å². The Labute approximate surface area is 115 Å². The average molecular weight is 257 g/mol. The molecule has 0 aliphatic rings. The minimum atomic E-state index is 0.822. The summed E-state index contributed by atoms with van der Waals surface area (Å²) in [5.41, 5.74) is 8.95. The maximum Gasteiger partial charge on any atom is 0.0726 e. The maximum atomic E-state index is 6.10. The van der Waals surface area contributed by atoms with Crippen LogP contribution in [0.25, 0.3) is 10.9 Å². The summed E-state index contributed by atoms with van der Waals surface area (Å²) in [6.45, 7) is 4.20. The molecule has 102 valence electrons.